The molecule has 0 unspecified atom stereocenters. The number of ether oxygens (including phenoxy) is 2. The second kappa shape index (κ2) is 3.78. The highest BCUT2D eigenvalue weighted by Gasteiger charge is 2.23. The molecule has 0 aliphatic carbocycles. The number of hydrogen-bond acceptors (Lipinski definition) is 5. The quantitative estimate of drug-likeness (QED) is 0.743. The third-order valence-corrected chi connectivity index (χ3v) is 2.62. The Morgan fingerprint density at radius 2 is 2.12 bits per heavy atom. The van der Waals surface area contributed by atoms with Gasteiger partial charge < -0.3 is 19.0 Å². The Morgan fingerprint density at radius 3 is 2.94 bits per heavy atom. The molecule has 0 fully saturated rings. The highest BCUT2D eigenvalue weighted by atomic mass is 16.6. The van der Waals surface area contributed by atoms with E-state index in [0.717, 1.165) is 5.39 Å². The minimum absolute atomic E-state index is 0.146. The van der Waals surface area contributed by atoms with Gasteiger partial charge in [-0.05, 0) is 18.2 Å². The standard InChI is InChI=1S/C12H10O5/c13-5-8-6-15-9-3-1-7-2-4-10(14)17-11(7)12(9)16-8/h1-4,8,13H,5-6H2/t8-/m0/s1. The molecule has 2 heterocycles. The molecule has 1 aromatic heterocycles. The number of rotatable bonds is 1. The molecule has 0 bridgehead atoms. The molecule has 1 N–H and O–H groups in total. The van der Waals surface area contributed by atoms with Crippen molar-refractivity contribution in [1.29, 1.82) is 0 Å². The van der Waals surface area contributed by atoms with Gasteiger partial charge in [0.15, 0.2) is 17.4 Å². The summed E-state index contributed by atoms with van der Waals surface area (Å²) in [5.74, 6) is 0.905. The van der Waals surface area contributed by atoms with Gasteiger partial charge in [0.25, 0.3) is 0 Å². The molecule has 0 spiro atoms. The summed E-state index contributed by atoms with van der Waals surface area (Å²) >= 11 is 0. The van der Waals surface area contributed by atoms with Crippen LogP contribution in [0.1, 0.15) is 0 Å². The second-order valence-corrected chi connectivity index (χ2v) is 3.80. The Balaban J connectivity index is 2.23. The van der Waals surface area contributed by atoms with Gasteiger partial charge in [-0.2, -0.15) is 0 Å². The van der Waals surface area contributed by atoms with Crippen LogP contribution in [0.15, 0.2) is 33.5 Å². The lowest BCUT2D eigenvalue weighted by atomic mass is 10.2. The van der Waals surface area contributed by atoms with Crippen LogP contribution >= 0.6 is 0 Å². The molecule has 1 aliphatic rings. The predicted molar refractivity (Wildman–Crippen MR) is 59.5 cm³/mol. The van der Waals surface area contributed by atoms with Crippen LogP contribution in [-0.2, 0) is 0 Å². The fraction of sp³-hybridized carbons (Fsp3) is 0.250. The average molecular weight is 234 g/mol. The summed E-state index contributed by atoms with van der Waals surface area (Å²) in [5.41, 5.74) is -0.0891. The molecule has 0 amide bonds. The molecule has 5 heteroatoms. The normalized spacial score (nSPS) is 18.3. The molecule has 1 aliphatic heterocycles. The van der Waals surface area contributed by atoms with E-state index in [-0.39, 0.29) is 13.2 Å². The van der Waals surface area contributed by atoms with Crippen molar-refractivity contribution in [2.75, 3.05) is 13.2 Å². The lowest BCUT2D eigenvalue weighted by Crippen LogP contribution is -2.32. The van der Waals surface area contributed by atoms with Gasteiger partial charge in [-0.25, -0.2) is 4.79 Å². The first-order valence-electron chi connectivity index (χ1n) is 5.25. The van der Waals surface area contributed by atoms with E-state index in [9.17, 15) is 4.79 Å². The molecule has 3 rings (SSSR count). The zero-order valence-electron chi connectivity index (χ0n) is 8.88. The monoisotopic (exact) mass is 234 g/mol. The summed E-state index contributed by atoms with van der Waals surface area (Å²) in [4.78, 5) is 11.2. The van der Waals surface area contributed by atoms with Crippen molar-refractivity contribution < 1.29 is 19.0 Å². The summed E-state index contributed by atoms with van der Waals surface area (Å²) in [6, 6.07) is 6.56. The van der Waals surface area contributed by atoms with Crippen LogP contribution in [0.3, 0.4) is 0 Å². The number of benzene rings is 1. The first kappa shape index (κ1) is 10.2. The van der Waals surface area contributed by atoms with Crippen molar-refractivity contribution in [3.8, 4) is 11.5 Å². The van der Waals surface area contributed by atoms with Crippen molar-refractivity contribution in [2.24, 2.45) is 0 Å². The Hall–Kier alpha value is -2.01. The number of aliphatic hydroxyl groups excluding tert-OH is 1. The molecule has 0 saturated heterocycles. The summed E-state index contributed by atoms with van der Waals surface area (Å²) in [6.45, 7) is 0.138. The molecule has 1 aromatic carbocycles. The summed E-state index contributed by atoms with van der Waals surface area (Å²) in [7, 11) is 0. The molecule has 1 atom stereocenters. The first-order chi connectivity index (χ1) is 8.28. The smallest absolute Gasteiger partial charge is 0.336 e. The summed E-state index contributed by atoms with van der Waals surface area (Å²) in [6.07, 6.45) is -0.432. The molecule has 17 heavy (non-hydrogen) atoms. The van der Waals surface area contributed by atoms with Gasteiger partial charge in [-0.3, -0.25) is 0 Å². The van der Waals surface area contributed by atoms with Gasteiger partial charge in [-0.1, -0.05) is 0 Å². The zero-order chi connectivity index (χ0) is 11.8. The number of fused-ring (bicyclic) bond motifs is 3. The zero-order valence-corrected chi connectivity index (χ0v) is 8.88. The fourth-order valence-electron chi connectivity index (χ4n) is 1.79. The number of hydrogen-bond donors (Lipinski definition) is 1. The molecule has 0 saturated carbocycles. The van der Waals surface area contributed by atoms with Gasteiger partial charge in [0.2, 0.25) is 5.75 Å². The Bertz CT molecular complexity index is 616. The Morgan fingerprint density at radius 1 is 1.29 bits per heavy atom. The lowest BCUT2D eigenvalue weighted by Gasteiger charge is -2.25. The maximum atomic E-state index is 11.2. The van der Waals surface area contributed by atoms with E-state index in [4.69, 9.17) is 19.0 Å². The number of aliphatic hydroxyl groups is 1. The minimum Gasteiger partial charge on any atom is -0.486 e. The largest absolute Gasteiger partial charge is 0.486 e. The molecular formula is C12H10O5. The van der Waals surface area contributed by atoms with E-state index < -0.39 is 11.7 Å². The minimum atomic E-state index is -0.444. The molecule has 88 valence electrons. The van der Waals surface area contributed by atoms with Gasteiger partial charge >= 0.3 is 5.63 Å². The fourth-order valence-corrected chi connectivity index (χ4v) is 1.79. The van der Waals surface area contributed by atoms with Crippen LogP contribution in [0.25, 0.3) is 11.0 Å². The van der Waals surface area contributed by atoms with E-state index in [1.807, 2.05) is 0 Å². The SMILES string of the molecule is O=c1ccc2ccc3c(c2o1)O[C@@H](CO)CO3. The van der Waals surface area contributed by atoms with E-state index in [1.54, 1.807) is 18.2 Å². The third-order valence-electron chi connectivity index (χ3n) is 2.62. The Kier molecular flexibility index (Phi) is 2.26. The van der Waals surface area contributed by atoms with Crippen molar-refractivity contribution in [2.45, 2.75) is 6.10 Å². The lowest BCUT2D eigenvalue weighted by molar-refractivity contribution is 0.0461. The Labute approximate surface area is 96.2 Å². The van der Waals surface area contributed by atoms with E-state index in [1.165, 1.54) is 6.07 Å². The average Bonchev–Trinajstić information content (AvgIpc) is 2.38. The van der Waals surface area contributed by atoms with E-state index in [0.29, 0.717) is 17.1 Å². The highest BCUT2D eigenvalue weighted by molar-refractivity contribution is 5.85. The predicted octanol–water partition coefficient (Wildman–Crippen LogP) is 0.925. The van der Waals surface area contributed by atoms with Gasteiger partial charge in [0, 0.05) is 11.5 Å². The van der Waals surface area contributed by atoms with Crippen molar-refractivity contribution in [1.82, 2.24) is 0 Å². The second-order valence-electron chi connectivity index (χ2n) is 3.80. The first-order valence-corrected chi connectivity index (χ1v) is 5.25. The summed E-state index contributed by atoms with van der Waals surface area (Å²) in [5, 5.41) is 9.80. The van der Waals surface area contributed by atoms with Crippen LogP contribution in [0, 0.1) is 0 Å². The van der Waals surface area contributed by atoms with Gasteiger partial charge in [0.1, 0.15) is 6.61 Å². The van der Waals surface area contributed by atoms with Crippen molar-refractivity contribution in [3.05, 3.63) is 34.7 Å². The maximum absolute atomic E-state index is 11.2. The maximum Gasteiger partial charge on any atom is 0.336 e. The van der Waals surface area contributed by atoms with E-state index in [2.05, 4.69) is 0 Å². The van der Waals surface area contributed by atoms with Gasteiger partial charge in [-0.15, -0.1) is 0 Å². The molecule has 2 aromatic rings. The topological polar surface area (TPSA) is 68.9 Å². The van der Waals surface area contributed by atoms with E-state index >= 15 is 0 Å². The van der Waals surface area contributed by atoms with Crippen molar-refractivity contribution >= 4 is 11.0 Å². The van der Waals surface area contributed by atoms with Crippen LogP contribution in [0.5, 0.6) is 11.5 Å². The van der Waals surface area contributed by atoms with Gasteiger partial charge in [0.05, 0.1) is 6.61 Å². The third kappa shape index (κ3) is 1.64. The van der Waals surface area contributed by atoms with Crippen molar-refractivity contribution in [3.63, 3.8) is 0 Å². The molecule has 0 radical (unpaired) electrons. The van der Waals surface area contributed by atoms with Crippen LogP contribution in [-0.4, -0.2) is 24.4 Å². The molecule has 5 nitrogen and oxygen atoms in total. The summed E-state index contributed by atoms with van der Waals surface area (Å²) < 4.78 is 16.1. The van der Waals surface area contributed by atoms with Crippen LogP contribution < -0.4 is 15.1 Å². The highest BCUT2D eigenvalue weighted by Crippen LogP contribution is 2.38. The van der Waals surface area contributed by atoms with Crippen LogP contribution in [0.4, 0.5) is 0 Å². The van der Waals surface area contributed by atoms with Crippen LogP contribution in [0.2, 0.25) is 0 Å². The molecular weight excluding hydrogens is 224 g/mol.